The molecule has 1 amide bonds. The van der Waals surface area contributed by atoms with Gasteiger partial charge in [0.1, 0.15) is 5.75 Å². The van der Waals surface area contributed by atoms with E-state index in [1.165, 1.54) is 0 Å². The van der Waals surface area contributed by atoms with Gasteiger partial charge in [-0.3, -0.25) is 4.79 Å². The Morgan fingerprint density at radius 2 is 1.96 bits per heavy atom. The van der Waals surface area contributed by atoms with Gasteiger partial charge in [0, 0.05) is 17.0 Å². The topological polar surface area (TPSA) is 38.3 Å². The van der Waals surface area contributed by atoms with Crippen molar-refractivity contribution in [2.75, 3.05) is 17.7 Å². The molecule has 1 N–H and O–H groups in total. The van der Waals surface area contributed by atoms with Gasteiger partial charge in [0.2, 0.25) is 5.91 Å². The summed E-state index contributed by atoms with van der Waals surface area (Å²) in [6.07, 6.45) is 4.54. The molecule has 0 bridgehead atoms. The van der Waals surface area contributed by atoms with Crippen molar-refractivity contribution in [3.05, 3.63) is 52.0 Å². The number of benzene rings is 2. The molecule has 0 radical (unpaired) electrons. The van der Waals surface area contributed by atoms with Crippen LogP contribution in [0.5, 0.6) is 5.75 Å². The number of halogens is 2. The number of nitrogens with one attached hydrogen (secondary N) is 1. The number of unbranched alkanes of at least 4 members (excludes halogenated alkanes) is 2. The van der Waals surface area contributed by atoms with Gasteiger partial charge < -0.3 is 10.1 Å². The lowest BCUT2D eigenvalue weighted by atomic mass is 10.0. The van der Waals surface area contributed by atoms with Crippen molar-refractivity contribution in [3.63, 3.8) is 0 Å². The van der Waals surface area contributed by atoms with Gasteiger partial charge in [-0.15, -0.1) is 11.8 Å². The van der Waals surface area contributed by atoms with Crippen LogP contribution in [0.4, 0.5) is 5.69 Å². The summed E-state index contributed by atoms with van der Waals surface area (Å²) in [6.45, 7) is 0.702. The van der Waals surface area contributed by atoms with Crippen molar-refractivity contribution in [3.8, 4) is 5.75 Å². The minimum Gasteiger partial charge on any atom is -0.494 e. The third kappa shape index (κ3) is 5.32. The fraction of sp³-hybridized carbons (Fsp3) is 0.350. The maximum absolute atomic E-state index is 11.4. The lowest BCUT2D eigenvalue weighted by Gasteiger charge is -2.17. The van der Waals surface area contributed by atoms with Crippen molar-refractivity contribution >= 4 is 46.6 Å². The highest BCUT2D eigenvalue weighted by Gasteiger charge is 2.14. The van der Waals surface area contributed by atoms with E-state index in [9.17, 15) is 4.79 Å². The Morgan fingerprint density at radius 1 is 1.08 bits per heavy atom. The summed E-state index contributed by atoms with van der Waals surface area (Å²) in [7, 11) is 0. The van der Waals surface area contributed by atoms with Gasteiger partial charge in [-0.1, -0.05) is 29.3 Å². The van der Waals surface area contributed by atoms with Crippen molar-refractivity contribution in [1.29, 1.82) is 0 Å². The second-order valence-corrected chi connectivity index (χ2v) is 8.10. The number of hydrogen-bond acceptors (Lipinski definition) is 3. The monoisotopic (exact) mass is 409 g/mol. The minimum atomic E-state index is 0.0862. The van der Waals surface area contributed by atoms with Crippen LogP contribution in [0.3, 0.4) is 0 Å². The van der Waals surface area contributed by atoms with Crippen LogP contribution in [0.15, 0.2) is 41.3 Å². The number of fused-ring (bicyclic) bond motifs is 1. The maximum atomic E-state index is 11.4. The molecule has 2 aromatic carbocycles. The molecule has 3 rings (SSSR count). The molecule has 3 nitrogen and oxygen atoms in total. The zero-order valence-electron chi connectivity index (χ0n) is 14.4. The fourth-order valence-electron chi connectivity index (χ4n) is 2.80. The summed E-state index contributed by atoms with van der Waals surface area (Å²) in [5.41, 5.74) is 2.06. The van der Waals surface area contributed by atoms with Crippen molar-refractivity contribution in [2.24, 2.45) is 0 Å². The Morgan fingerprint density at radius 3 is 2.85 bits per heavy atom. The second kappa shape index (κ2) is 9.54. The molecule has 1 aliphatic heterocycles. The molecule has 0 saturated carbocycles. The van der Waals surface area contributed by atoms with Crippen LogP contribution in [0.1, 0.15) is 31.2 Å². The molecule has 0 saturated heterocycles. The van der Waals surface area contributed by atoms with Crippen molar-refractivity contribution < 1.29 is 9.53 Å². The van der Waals surface area contributed by atoms with Gasteiger partial charge >= 0.3 is 0 Å². The fourth-order valence-corrected chi connectivity index (χ4v) is 4.30. The number of thioether (sulfide) groups is 1. The van der Waals surface area contributed by atoms with Crippen LogP contribution in [0.2, 0.25) is 10.0 Å². The van der Waals surface area contributed by atoms with Crippen LogP contribution in [-0.4, -0.2) is 18.3 Å². The number of anilines is 1. The summed E-state index contributed by atoms with van der Waals surface area (Å²) in [5.74, 6) is 1.97. The standard InChI is InChI=1S/C20H21Cl2NO2S/c21-16-5-4-6-18(20(16)22)26-12-3-1-2-11-25-15-8-9-17-14(13-15)7-10-19(24)23-17/h4-6,8-9,13H,1-3,7,10-12H2,(H,23,24). The average molecular weight is 410 g/mol. The van der Waals surface area contributed by atoms with E-state index in [-0.39, 0.29) is 5.91 Å². The molecule has 138 valence electrons. The summed E-state index contributed by atoms with van der Waals surface area (Å²) in [4.78, 5) is 12.4. The number of hydrogen-bond donors (Lipinski definition) is 1. The van der Waals surface area contributed by atoms with Crippen LogP contribution in [-0.2, 0) is 11.2 Å². The van der Waals surface area contributed by atoms with Crippen LogP contribution < -0.4 is 10.1 Å². The molecule has 0 unspecified atom stereocenters. The molecule has 0 atom stereocenters. The first kappa shape index (κ1) is 19.4. The smallest absolute Gasteiger partial charge is 0.224 e. The Bertz CT molecular complexity index is 782. The molecule has 1 aliphatic rings. The quantitative estimate of drug-likeness (QED) is 0.415. The van der Waals surface area contributed by atoms with E-state index in [0.717, 1.165) is 53.3 Å². The van der Waals surface area contributed by atoms with E-state index in [1.54, 1.807) is 17.8 Å². The highest BCUT2D eigenvalue weighted by molar-refractivity contribution is 7.99. The molecule has 26 heavy (non-hydrogen) atoms. The molecule has 0 fully saturated rings. The number of carbonyl (C=O) groups is 1. The number of carbonyl (C=O) groups excluding carboxylic acids is 1. The van der Waals surface area contributed by atoms with Crippen molar-refractivity contribution in [1.82, 2.24) is 0 Å². The Labute approximate surface area is 168 Å². The van der Waals surface area contributed by atoms with Gasteiger partial charge in [0.15, 0.2) is 0 Å². The lowest BCUT2D eigenvalue weighted by molar-refractivity contribution is -0.116. The average Bonchev–Trinajstić information content (AvgIpc) is 2.64. The summed E-state index contributed by atoms with van der Waals surface area (Å²) >= 11 is 13.9. The van der Waals surface area contributed by atoms with Gasteiger partial charge in [-0.05, 0) is 67.3 Å². The van der Waals surface area contributed by atoms with E-state index in [4.69, 9.17) is 27.9 Å². The zero-order valence-corrected chi connectivity index (χ0v) is 16.7. The number of aryl methyl sites for hydroxylation is 1. The van der Waals surface area contributed by atoms with Crippen LogP contribution in [0.25, 0.3) is 0 Å². The highest BCUT2D eigenvalue weighted by Crippen LogP contribution is 2.33. The largest absolute Gasteiger partial charge is 0.494 e. The third-order valence-corrected chi connectivity index (χ3v) is 6.28. The first-order valence-corrected chi connectivity index (χ1v) is 10.5. The predicted molar refractivity (Wildman–Crippen MR) is 110 cm³/mol. The molecule has 0 aliphatic carbocycles. The zero-order chi connectivity index (χ0) is 18.4. The first-order chi connectivity index (χ1) is 12.6. The molecule has 6 heteroatoms. The number of amides is 1. The second-order valence-electron chi connectivity index (χ2n) is 6.18. The summed E-state index contributed by atoms with van der Waals surface area (Å²) in [6, 6.07) is 11.6. The summed E-state index contributed by atoms with van der Waals surface area (Å²) < 4.78 is 5.84. The number of rotatable bonds is 8. The molecule has 1 heterocycles. The van der Waals surface area contributed by atoms with E-state index in [1.807, 2.05) is 30.3 Å². The van der Waals surface area contributed by atoms with E-state index < -0.39 is 0 Å². The van der Waals surface area contributed by atoms with E-state index in [0.29, 0.717) is 23.1 Å². The lowest BCUT2D eigenvalue weighted by Crippen LogP contribution is -2.18. The Balaban J connectivity index is 1.33. The van der Waals surface area contributed by atoms with Crippen LogP contribution in [0, 0.1) is 0 Å². The van der Waals surface area contributed by atoms with E-state index in [2.05, 4.69) is 5.32 Å². The summed E-state index contributed by atoms with van der Waals surface area (Å²) in [5, 5.41) is 4.13. The molecule has 2 aromatic rings. The molecular formula is C20H21Cl2NO2S. The van der Waals surface area contributed by atoms with Gasteiger partial charge in [0.05, 0.1) is 16.7 Å². The predicted octanol–water partition coefficient (Wildman–Crippen LogP) is 6.22. The first-order valence-electron chi connectivity index (χ1n) is 8.76. The van der Waals surface area contributed by atoms with Gasteiger partial charge in [-0.25, -0.2) is 0 Å². The normalized spacial score (nSPS) is 13.2. The van der Waals surface area contributed by atoms with Gasteiger partial charge in [0.25, 0.3) is 0 Å². The molecule has 0 aromatic heterocycles. The van der Waals surface area contributed by atoms with Crippen LogP contribution >= 0.6 is 35.0 Å². The Kier molecular flexibility index (Phi) is 7.12. The van der Waals surface area contributed by atoms with Crippen molar-refractivity contribution in [2.45, 2.75) is 37.0 Å². The minimum absolute atomic E-state index is 0.0862. The third-order valence-electron chi connectivity index (χ3n) is 4.20. The number of ether oxygens (including phenoxy) is 1. The maximum Gasteiger partial charge on any atom is 0.224 e. The van der Waals surface area contributed by atoms with E-state index >= 15 is 0 Å². The highest BCUT2D eigenvalue weighted by atomic mass is 35.5. The Hall–Kier alpha value is -1.36. The van der Waals surface area contributed by atoms with Gasteiger partial charge in [-0.2, -0.15) is 0 Å². The molecule has 0 spiro atoms. The SMILES string of the molecule is O=C1CCc2cc(OCCCCCSc3cccc(Cl)c3Cl)ccc2N1. The molecular weight excluding hydrogens is 389 g/mol.